The minimum atomic E-state index is -0.227. The topological polar surface area (TPSA) is 100 Å². The maximum absolute atomic E-state index is 11.1. The number of nitrogens with two attached hydrogens (primary N) is 1. The first kappa shape index (κ1) is 7.98. The van der Waals surface area contributed by atoms with E-state index in [0.29, 0.717) is 17.0 Å². The normalized spacial score (nSPS) is 11.2. The summed E-state index contributed by atoms with van der Waals surface area (Å²) in [4.78, 5) is 24.7. The summed E-state index contributed by atoms with van der Waals surface area (Å²) in [6, 6.07) is 3.54. The lowest BCUT2D eigenvalue weighted by molar-refractivity contribution is 1.22. The van der Waals surface area contributed by atoms with Gasteiger partial charge in [0, 0.05) is 0 Å². The van der Waals surface area contributed by atoms with Gasteiger partial charge in [0.1, 0.15) is 0 Å². The van der Waals surface area contributed by atoms with Gasteiger partial charge in [0.05, 0.1) is 28.3 Å². The molecule has 4 N–H and O–H groups in total. The number of rotatable bonds is 0. The van der Waals surface area contributed by atoms with Gasteiger partial charge in [0.2, 0.25) is 0 Å². The number of hydrogen-bond donors (Lipinski definition) is 3. The molecule has 0 fully saturated rings. The smallest absolute Gasteiger partial charge is 0.266 e. The van der Waals surface area contributed by atoms with E-state index in [-0.39, 0.29) is 5.56 Å². The Bertz CT molecular complexity index is 711. The van der Waals surface area contributed by atoms with Crippen LogP contribution in [0.3, 0.4) is 0 Å². The number of fused-ring (bicyclic) bond motifs is 2. The van der Waals surface area contributed by atoms with E-state index in [0.717, 1.165) is 11.0 Å². The number of nitrogen functional groups attached to an aromatic ring is 1. The molecular weight excluding hydrogens is 194 g/mol. The van der Waals surface area contributed by atoms with Crippen LogP contribution in [-0.2, 0) is 0 Å². The molecule has 6 nitrogen and oxygen atoms in total. The van der Waals surface area contributed by atoms with Gasteiger partial charge in [0.15, 0.2) is 5.95 Å². The number of aromatic nitrogens is 4. The minimum Gasteiger partial charge on any atom is -0.369 e. The highest BCUT2D eigenvalue weighted by molar-refractivity contribution is 5.91. The van der Waals surface area contributed by atoms with Crippen LogP contribution in [0.5, 0.6) is 0 Å². The molecular formula is C9H7N5O. The van der Waals surface area contributed by atoms with E-state index in [1.54, 1.807) is 12.1 Å². The number of benzene rings is 1. The van der Waals surface area contributed by atoms with Crippen LogP contribution in [0.4, 0.5) is 5.95 Å². The van der Waals surface area contributed by atoms with Crippen LogP contribution >= 0.6 is 0 Å². The lowest BCUT2D eigenvalue weighted by Crippen LogP contribution is -2.04. The molecule has 0 bridgehead atoms. The maximum atomic E-state index is 11.1. The van der Waals surface area contributed by atoms with Gasteiger partial charge in [-0.3, -0.25) is 4.79 Å². The number of imidazole rings is 1. The van der Waals surface area contributed by atoms with E-state index in [4.69, 9.17) is 5.73 Å². The summed E-state index contributed by atoms with van der Waals surface area (Å²) in [5.74, 6) is 0.350. The zero-order valence-electron chi connectivity index (χ0n) is 7.61. The molecule has 0 radical (unpaired) electrons. The summed E-state index contributed by atoms with van der Waals surface area (Å²) in [6.07, 6.45) is 1.24. The summed E-state index contributed by atoms with van der Waals surface area (Å²) >= 11 is 0. The van der Waals surface area contributed by atoms with Crippen LogP contribution in [-0.4, -0.2) is 19.9 Å². The minimum absolute atomic E-state index is 0.227. The van der Waals surface area contributed by atoms with Gasteiger partial charge < -0.3 is 15.7 Å². The summed E-state index contributed by atoms with van der Waals surface area (Å²) < 4.78 is 0. The highest BCUT2D eigenvalue weighted by Gasteiger charge is 2.03. The molecule has 74 valence electrons. The third-order valence-corrected chi connectivity index (χ3v) is 2.20. The van der Waals surface area contributed by atoms with Crippen molar-refractivity contribution in [3.05, 3.63) is 28.7 Å². The number of H-pyrrole nitrogens is 2. The SMILES string of the molecule is Nc1nc2cc3ncc(=O)[nH]c3cc2[nH]1. The first-order valence-corrected chi connectivity index (χ1v) is 4.37. The first-order valence-electron chi connectivity index (χ1n) is 4.37. The van der Waals surface area contributed by atoms with Crippen molar-refractivity contribution in [2.75, 3.05) is 5.73 Å². The van der Waals surface area contributed by atoms with Crippen molar-refractivity contribution in [3.8, 4) is 0 Å². The van der Waals surface area contributed by atoms with E-state index in [1.807, 2.05) is 0 Å². The Morgan fingerprint density at radius 2 is 1.93 bits per heavy atom. The monoisotopic (exact) mass is 201 g/mol. The van der Waals surface area contributed by atoms with Crippen molar-refractivity contribution in [2.45, 2.75) is 0 Å². The molecule has 0 unspecified atom stereocenters. The molecule has 0 saturated carbocycles. The quantitative estimate of drug-likeness (QED) is 0.489. The maximum Gasteiger partial charge on any atom is 0.266 e. The highest BCUT2D eigenvalue weighted by Crippen LogP contribution is 2.17. The van der Waals surface area contributed by atoms with Gasteiger partial charge in [-0.1, -0.05) is 0 Å². The fourth-order valence-electron chi connectivity index (χ4n) is 1.57. The molecule has 3 aromatic rings. The van der Waals surface area contributed by atoms with Crippen molar-refractivity contribution in [3.63, 3.8) is 0 Å². The second-order valence-corrected chi connectivity index (χ2v) is 3.26. The molecule has 3 rings (SSSR count). The molecule has 2 heterocycles. The molecule has 0 saturated heterocycles. The molecule has 0 amide bonds. The molecule has 0 aliphatic carbocycles. The Hall–Kier alpha value is -2.37. The van der Waals surface area contributed by atoms with Gasteiger partial charge in [-0.05, 0) is 12.1 Å². The standard InChI is InChI=1S/C9H7N5O/c10-9-13-6-1-4-5(2-7(6)14-9)12-8(15)3-11-4/h1-3H,(H,12,15)(H3,10,13,14). The lowest BCUT2D eigenvalue weighted by atomic mass is 10.2. The Labute approximate surface area is 83.2 Å². The molecule has 1 aromatic carbocycles. The lowest BCUT2D eigenvalue weighted by Gasteiger charge is -1.95. The van der Waals surface area contributed by atoms with Crippen LogP contribution in [0, 0.1) is 0 Å². The fraction of sp³-hybridized carbons (Fsp3) is 0. The van der Waals surface area contributed by atoms with E-state index in [2.05, 4.69) is 19.9 Å². The molecule has 0 atom stereocenters. The predicted molar refractivity (Wildman–Crippen MR) is 56.4 cm³/mol. The zero-order chi connectivity index (χ0) is 10.4. The van der Waals surface area contributed by atoms with Crippen LogP contribution in [0.15, 0.2) is 23.1 Å². The predicted octanol–water partition coefficient (Wildman–Crippen LogP) is 0.382. The Morgan fingerprint density at radius 3 is 2.80 bits per heavy atom. The third-order valence-electron chi connectivity index (χ3n) is 2.20. The molecule has 0 aliphatic rings. The van der Waals surface area contributed by atoms with Gasteiger partial charge in [-0.2, -0.15) is 0 Å². The molecule has 15 heavy (non-hydrogen) atoms. The van der Waals surface area contributed by atoms with E-state index < -0.39 is 0 Å². The summed E-state index contributed by atoms with van der Waals surface area (Å²) in [7, 11) is 0. The number of hydrogen-bond acceptors (Lipinski definition) is 4. The summed E-state index contributed by atoms with van der Waals surface area (Å²) in [5.41, 5.74) is 8.17. The van der Waals surface area contributed by atoms with Crippen LogP contribution in [0.25, 0.3) is 22.1 Å². The average molecular weight is 201 g/mol. The summed E-state index contributed by atoms with van der Waals surface area (Å²) in [6.45, 7) is 0. The molecule has 0 spiro atoms. The first-order chi connectivity index (χ1) is 7.22. The Balaban J connectivity index is 2.51. The van der Waals surface area contributed by atoms with Crippen molar-refractivity contribution in [2.24, 2.45) is 0 Å². The van der Waals surface area contributed by atoms with Gasteiger partial charge >= 0.3 is 0 Å². The van der Waals surface area contributed by atoms with Crippen molar-refractivity contribution in [1.82, 2.24) is 19.9 Å². The van der Waals surface area contributed by atoms with Crippen molar-refractivity contribution >= 4 is 28.0 Å². The van der Waals surface area contributed by atoms with E-state index in [1.165, 1.54) is 6.20 Å². The average Bonchev–Trinajstić information content (AvgIpc) is 2.53. The largest absolute Gasteiger partial charge is 0.369 e. The van der Waals surface area contributed by atoms with Crippen LogP contribution in [0.1, 0.15) is 0 Å². The van der Waals surface area contributed by atoms with Gasteiger partial charge in [-0.25, -0.2) is 9.97 Å². The second-order valence-electron chi connectivity index (χ2n) is 3.26. The fourth-order valence-corrected chi connectivity index (χ4v) is 1.57. The zero-order valence-corrected chi connectivity index (χ0v) is 7.61. The highest BCUT2D eigenvalue weighted by atomic mass is 16.1. The number of aromatic amines is 2. The molecule has 0 aliphatic heterocycles. The molecule has 2 aromatic heterocycles. The van der Waals surface area contributed by atoms with E-state index >= 15 is 0 Å². The van der Waals surface area contributed by atoms with Crippen molar-refractivity contribution in [1.29, 1.82) is 0 Å². The van der Waals surface area contributed by atoms with Crippen LogP contribution < -0.4 is 11.3 Å². The number of nitrogens with zero attached hydrogens (tertiary/aromatic N) is 2. The van der Waals surface area contributed by atoms with Crippen molar-refractivity contribution < 1.29 is 0 Å². The Kier molecular flexibility index (Phi) is 1.37. The van der Waals surface area contributed by atoms with Gasteiger partial charge in [-0.15, -0.1) is 0 Å². The number of nitrogens with one attached hydrogen (secondary N) is 2. The van der Waals surface area contributed by atoms with Crippen LogP contribution in [0.2, 0.25) is 0 Å². The summed E-state index contributed by atoms with van der Waals surface area (Å²) in [5, 5.41) is 0. The van der Waals surface area contributed by atoms with Gasteiger partial charge in [0.25, 0.3) is 5.56 Å². The Morgan fingerprint density at radius 1 is 1.13 bits per heavy atom. The second kappa shape index (κ2) is 2.57. The number of anilines is 1. The van der Waals surface area contributed by atoms with E-state index in [9.17, 15) is 4.79 Å². The third kappa shape index (κ3) is 1.15. The molecule has 6 heteroatoms.